The Morgan fingerprint density at radius 2 is 1.39 bits per heavy atom. The lowest BCUT2D eigenvalue weighted by Crippen LogP contribution is -1.97. The van der Waals surface area contributed by atoms with Gasteiger partial charge in [-0.05, 0) is 60.2 Å². The van der Waals surface area contributed by atoms with Crippen molar-refractivity contribution in [1.29, 1.82) is 0 Å². The fourth-order valence-corrected chi connectivity index (χ4v) is 4.17. The number of ether oxygens (including phenoxy) is 1. The third-order valence-corrected chi connectivity index (χ3v) is 5.75. The van der Waals surface area contributed by atoms with E-state index in [1.165, 1.54) is 0 Å². The van der Waals surface area contributed by atoms with Crippen LogP contribution in [0.2, 0.25) is 0 Å². The number of hydrogen-bond donors (Lipinski definition) is 0. The average molecular weight is 430 g/mol. The van der Waals surface area contributed by atoms with E-state index in [1.54, 1.807) is 37.5 Å². The number of para-hydroxylation sites is 2. The van der Waals surface area contributed by atoms with Crippen LogP contribution in [0, 0.1) is 0 Å². The summed E-state index contributed by atoms with van der Waals surface area (Å²) in [5.41, 5.74) is 5.96. The van der Waals surface area contributed by atoms with Crippen molar-refractivity contribution in [3.05, 3.63) is 126 Å². The maximum atomic E-state index is 12.9. The van der Waals surface area contributed by atoms with E-state index in [0.717, 1.165) is 39.2 Å². The predicted molar refractivity (Wildman–Crippen MR) is 135 cm³/mol. The first-order chi connectivity index (χ1) is 16.3. The summed E-state index contributed by atoms with van der Waals surface area (Å²) >= 11 is 0. The Kier molecular flexibility index (Phi) is 5.61. The average Bonchev–Trinajstić information content (AvgIpc) is 3.22. The summed E-state index contributed by atoms with van der Waals surface area (Å²) in [5.74, 6) is 0.682. The molecule has 0 aliphatic heterocycles. The van der Waals surface area contributed by atoms with Gasteiger partial charge in [0.2, 0.25) is 0 Å². The number of carbonyl (C=O) groups is 1. The summed E-state index contributed by atoms with van der Waals surface area (Å²) in [6.07, 6.45) is 3.60. The number of benzene rings is 4. The van der Waals surface area contributed by atoms with E-state index >= 15 is 0 Å². The Balaban J connectivity index is 1.70. The summed E-state index contributed by atoms with van der Waals surface area (Å²) in [6, 6.07) is 36.1. The molecule has 0 spiro atoms. The van der Waals surface area contributed by atoms with Crippen LogP contribution in [0.3, 0.4) is 0 Å². The zero-order valence-corrected chi connectivity index (χ0v) is 18.3. The molecule has 33 heavy (non-hydrogen) atoms. The maximum absolute atomic E-state index is 12.9. The molecule has 5 rings (SSSR count). The number of methoxy groups -OCH3 is 1. The molecular formula is C30H23NO2. The molecule has 0 amide bonds. The molecule has 0 N–H and O–H groups in total. The SMILES string of the molecule is COc1ccc(C(=O)/C=C/c2c(-c3ccccc3)n(-c3ccccc3)c3ccccc23)cc1. The van der Waals surface area contributed by atoms with Gasteiger partial charge >= 0.3 is 0 Å². The van der Waals surface area contributed by atoms with E-state index in [2.05, 4.69) is 41.0 Å². The Labute approximate surface area is 193 Å². The fourth-order valence-electron chi connectivity index (χ4n) is 4.17. The minimum absolute atomic E-state index is 0.0480. The van der Waals surface area contributed by atoms with Crippen LogP contribution in [-0.2, 0) is 0 Å². The molecule has 0 bridgehead atoms. The summed E-state index contributed by atoms with van der Waals surface area (Å²) in [6.45, 7) is 0. The maximum Gasteiger partial charge on any atom is 0.185 e. The number of fused-ring (bicyclic) bond motifs is 1. The lowest BCUT2D eigenvalue weighted by molar-refractivity contribution is 0.104. The molecule has 160 valence electrons. The van der Waals surface area contributed by atoms with Crippen LogP contribution >= 0.6 is 0 Å². The van der Waals surface area contributed by atoms with Gasteiger partial charge in [0.15, 0.2) is 5.78 Å². The van der Waals surface area contributed by atoms with Crippen molar-refractivity contribution in [2.24, 2.45) is 0 Å². The van der Waals surface area contributed by atoms with E-state index in [-0.39, 0.29) is 5.78 Å². The molecule has 0 atom stereocenters. The minimum Gasteiger partial charge on any atom is -0.497 e. The normalized spacial score (nSPS) is 11.2. The quantitative estimate of drug-likeness (QED) is 0.211. The molecule has 0 saturated carbocycles. The highest BCUT2D eigenvalue weighted by Gasteiger charge is 2.18. The highest BCUT2D eigenvalue weighted by molar-refractivity contribution is 6.09. The molecule has 3 nitrogen and oxygen atoms in total. The number of ketones is 1. The molecule has 0 aliphatic rings. The minimum atomic E-state index is -0.0480. The second-order valence-electron chi connectivity index (χ2n) is 7.74. The predicted octanol–water partition coefficient (Wildman–Crippen LogP) is 7.20. The molecule has 1 aromatic heterocycles. The second-order valence-corrected chi connectivity index (χ2v) is 7.74. The van der Waals surface area contributed by atoms with Crippen molar-refractivity contribution in [1.82, 2.24) is 4.57 Å². The number of nitrogens with zero attached hydrogens (tertiary/aromatic N) is 1. The largest absolute Gasteiger partial charge is 0.497 e. The first-order valence-corrected chi connectivity index (χ1v) is 10.9. The van der Waals surface area contributed by atoms with Gasteiger partial charge in [-0.15, -0.1) is 0 Å². The zero-order valence-electron chi connectivity index (χ0n) is 18.3. The van der Waals surface area contributed by atoms with Crippen molar-refractivity contribution in [3.63, 3.8) is 0 Å². The molecule has 0 unspecified atom stereocenters. The zero-order chi connectivity index (χ0) is 22.6. The molecule has 4 aromatic carbocycles. The molecule has 0 aliphatic carbocycles. The van der Waals surface area contributed by atoms with Crippen LogP contribution < -0.4 is 4.74 Å². The Morgan fingerprint density at radius 3 is 2.09 bits per heavy atom. The van der Waals surface area contributed by atoms with E-state index < -0.39 is 0 Å². The molecule has 0 saturated heterocycles. The Hall–Kier alpha value is -4.37. The van der Waals surface area contributed by atoms with Crippen molar-refractivity contribution in [3.8, 4) is 22.7 Å². The second kappa shape index (κ2) is 9.01. The van der Waals surface area contributed by atoms with Crippen LogP contribution in [0.1, 0.15) is 15.9 Å². The summed E-state index contributed by atoms with van der Waals surface area (Å²) in [5, 5.41) is 1.10. The first-order valence-electron chi connectivity index (χ1n) is 10.9. The summed E-state index contributed by atoms with van der Waals surface area (Å²) in [7, 11) is 1.62. The van der Waals surface area contributed by atoms with Crippen LogP contribution in [-0.4, -0.2) is 17.5 Å². The van der Waals surface area contributed by atoms with Gasteiger partial charge < -0.3 is 9.30 Å². The number of aromatic nitrogens is 1. The van der Waals surface area contributed by atoms with E-state index in [9.17, 15) is 4.79 Å². The molecule has 0 fully saturated rings. The van der Waals surface area contributed by atoms with Gasteiger partial charge in [-0.1, -0.05) is 66.7 Å². The van der Waals surface area contributed by atoms with Gasteiger partial charge in [0.25, 0.3) is 0 Å². The number of rotatable bonds is 6. The van der Waals surface area contributed by atoms with Gasteiger partial charge in [-0.3, -0.25) is 4.79 Å². The van der Waals surface area contributed by atoms with Crippen molar-refractivity contribution < 1.29 is 9.53 Å². The fraction of sp³-hybridized carbons (Fsp3) is 0.0333. The Bertz CT molecular complexity index is 1430. The van der Waals surface area contributed by atoms with E-state index in [1.807, 2.05) is 54.6 Å². The standard InChI is InChI=1S/C30H23NO2/c1-33-25-18-16-22(17-19-25)29(32)21-20-27-26-14-8-9-15-28(26)31(24-12-6-3-7-13-24)30(27)23-10-4-2-5-11-23/h2-21H,1H3/b21-20+. The summed E-state index contributed by atoms with van der Waals surface area (Å²) in [4.78, 5) is 12.9. The lowest BCUT2D eigenvalue weighted by atomic mass is 10.0. The van der Waals surface area contributed by atoms with E-state index in [4.69, 9.17) is 4.74 Å². The monoisotopic (exact) mass is 429 g/mol. The number of carbonyl (C=O) groups excluding carboxylic acids is 1. The highest BCUT2D eigenvalue weighted by Crippen LogP contribution is 2.37. The van der Waals surface area contributed by atoms with Gasteiger partial charge in [0.1, 0.15) is 5.75 Å². The molecular weight excluding hydrogens is 406 g/mol. The van der Waals surface area contributed by atoms with Crippen LogP contribution in [0.4, 0.5) is 0 Å². The van der Waals surface area contributed by atoms with Gasteiger partial charge in [-0.25, -0.2) is 0 Å². The summed E-state index contributed by atoms with van der Waals surface area (Å²) < 4.78 is 7.47. The van der Waals surface area contributed by atoms with Gasteiger partial charge in [0, 0.05) is 22.2 Å². The van der Waals surface area contributed by atoms with Gasteiger partial charge in [-0.2, -0.15) is 0 Å². The van der Waals surface area contributed by atoms with Gasteiger partial charge in [0.05, 0.1) is 18.3 Å². The highest BCUT2D eigenvalue weighted by atomic mass is 16.5. The molecule has 3 heteroatoms. The first kappa shape index (κ1) is 20.5. The van der Waals surface area contributed by atoms with Crippen LogP contribution in [0.25, 0.3) is 33.9 Å². The van der Waals surface area contributed by atoms with Crippen molar-refractivity contribution >= 4 is 22.8 Å². The number of hydrogen-bond acceptors (Lipinski definition) is 2. The Morgan fingerprint density at radius 1 is 0.758 bits per heavy atom. The number of allylic oxidation sites excluding steroid dienone is 1. The third kappa shape index (κ3) is 3.97. The molecule has 1 heterocycles. The lowest BCUT2D eigenvalue weighted by Gasteiger charge is -2.12. The van der Waals surface area contributed by atoms with Crippen LogP contribution in [0.15, 0.2) is 115 Å². The smallest absolute Gasteiger partial charge is 0.185 e. The third-order valence-electron chi connectivity index (χ3n) is 5.75. The van der Waals surface area contributed by atoms with E-state index in [0.29, 0.717) is 5.56 Å². The topological polar surface area (TPSA) is 31.2 Å². The van der Waals surface area contributed by atoms with Crippen LogP contribution in [0.5, 0.6) is 5.75 Å². The molecule has 5 aromatic rings. The molecule has 0 radical (unpaired) electrons. The van der Waals surface area contributed by atoms with Crippen molar-refractivity contribution in [2.75, 3.05) is 7.11 Å². The van der Waals surface area contributed by atoms with Crippen molar-refractivity contribution in [2.45, 2.75) is 0 Å².